The van der Waals surface area contributed by atoms with Crippen LogP contribution in [0.15, 0.2) is 24.5 Å². The Bertz CT molecular complexity index is 1260. The number of rotatable bonds is 5. The van der Waals surface area contributed by atoms with Crippen LogP contribution in [0.1, 0.15) is 67.2 Å². The highest BCUT2D eigenvalue weighted by atomic mass is 16.5. The number of methoxy groups -OCH3 is 2. The fraction of sp³-hybridized carbons (Fsp3) is 0.480. The third kappa shape index (κ3) is 3.49. The average molecular weight is 434 g/mol. The maximum absolute atomic E-state index is 5.45. The van der Waals surface area contributed by atoms with Crippen LogP contribution in [0.5, 0.6) is 11.5 Å². The summed E-state index contributed by atoms with van der Waals surface area (Å²) in [5.74, 6) is 2.20. The van der Waals surface area contributed by atoms with Crippen LogP contribution in [0.4, 0.5) is 0 Å². The van der Waals surface area contributed by atoms with E-state index in [1.165, 1.54) is 49.8 Å². The van der Waals surface area contributed by atoms with Gasteiger partial charge in [-0.2, -0.15) is 0 Å². The largest absolute Gasteiger partial charge is 0.493 e. The van der Waals surface area contributed by atoms with Crippen LogP contribution in [0.3, 0.4) is 0 Å². The lowest BCUT2D eigenvalue weighted by molar-refractivity contribution is 0.354. The number of aryl methyl sites for hydroxylation is 1. The first-order chi connectivity index (χ1) is 15.6. The van der Waals surface area contributed by atoms with E-state index >= 15 is 0 Å². The Labute approximate surface area is 188 Å². The highest BCUT2D eigenvalue weighted by Gasteiger charge is 2.23. The number of nitrogens with zero attached hydrogens (tertiary/aromatic N) is 5. The van der Waals surface area contributed by atoms with E-state index in [0.717, 1.165) is 33.8 Å². The molecule has 1 saturated carbocycles. The van der Waals surface area contributed by atoms with Gasteiger partial charge in [0.05, 0.1) is 19.6 Å². The molecule has 1 aromatic carbocycles. The molecule has 0 unspecified atom stereocenters. The van der Waals surface area contributed by atoms with Gasteiger partial charge in [0.1, 0.15) is 12.0 Å². The normalized spacial score (nSPS) is 15.4. The Hall–Kier alpha value is -3.09. The van der Waals surface area contributed by atoms with Gasteiger partial charge in [0, 0.05) is 18.2 Å². The first-order valence-electron chi connectivity index (χ1n) is 11.5. The van der Waals surface area contributed by atoms with Crippen LogP contribution in [-0.4, -0.2) is 38.4 Å². The summed E-state index contributed by atoms with van der Waals surface area (Å²) >= 11 is 0. The standard InChI is InChI=1S/C25H31N5O2/c1-16-17(2)30(19-9-7-5-6-8-10-19)24-23(16)25-27-22(28-29(25)15-26-24)14-18-11-12-20(31-3)21(13-18)32-4/h11-13,15,19H,5-10,14H2,1-4H3. The minimum Gasteiger partial charge on any atom is -0.493 e. The van der Waals surface area contributed by atoms with Gasteiger partial charge in [0.25, 0.3) is 0 Å². The molecule has 7 nitrogen and oxygen atoms in total. The highest BCUT2D eigenvalue weighted by Crippen LogP contribution is 2.35. The Morgan fingerprint density at radius 3 is 2.44 bits per heavy atom. The predicted molar refractivity (Wildman–Crippen MR) is 125 cm³/mol. The third-order valence-electron chi connectivity index (χ3n) is 6.92. The molecule has 0 amide bonds. The van der Waals surface area contributed by atoms with E-state index < -0.39 is 0 Å². The predicted octanol–water partition coefficient (Wildman–Crippen LogP) is 5.20. The maximum atomic E-state index is 5.45. The number of hydrogen-bond acceptors (Lipinski definition) is 5. The van der Waals surface area contributed by atoms with Crippen molar-refractivity contribution in [3.05, 3.63) is 47.2 Å². The van der Waals surface area contributed by atoms with Crippen LogP contribution < -0.4 is 9.47 Å². The number of fused-ring (bicyclic) bond motifs is 3. The molecule has 0 radical (unpaired) electrons. The molecular weight excluding hydrogens is 402 g/mol. The van der Waals surface area contributed by atoms with Crippen molar-refractivity contribution in [3.8, 4) is 11.5 Å². The van der Waals surface area contributed by atoms with Gasteiger partial charge in [0.2, 0.25) is 0 Å². The molecule has 7 heteroatoms. The zero-order valence-corrected chi connectivity index (χ0v) is 19.4. The average Bonchev–Trinajstić information content (AvgIpc) is 3.18. The Kier molecular flexibility index (Phi) is 5.49. The molecule has 5 rings (SSSR count). The van der Waals surface area contributed by atoms with E-state index in [2.05, 4.69) is 18.4 Å². The monoisotopic (exact) mass is 433 g/mol. The molecule has 4 aromatic rings. The van der Waals surface area contributed by atoms with E-state index in [9.17, 15) is 0 Å². The van der Waals surface area contributed by atoms with Gasteiger partial charge in [-0.25, -0.2) is 14.5 Å². The molecule has 32 heavy (non-hydrogen) atoms. The zero-order valence-electron chi connectivity index (χ0n) is 19.4. The second-order valence-electron chi connectivity index (χ2n) is 8.83. The highest BCUT2D eigenvalue weighted by molar-refractivity contribution is 5.94. The topological polar surface area (TPSA) is 66.5 Å². The van der Waals surface area contributed by atoms with Crippen LogP contribution in [0, 0.1) is 13.8 Å². The summed E-state index contributed by atoms with van der Waals surface area (Å²) in [5, 5.41) is 5.85. The van der Waals surface area contributed by atoms with Crippen molar-refractivity contribution in [2.75, 3.05) is 14.2 Å². The molecule has 0 bridgehead atoms. The first-order valence-corrected chi connectivity index (χ1v) is 11.5. The molecule has 0 aliphatic heterocycles. The number of hydrogen-bond donors (Lipinski definition) is 0. The lowest BCUT2D eigenvalue weighted by Gasteiger charge is -2.19. The summed E-state index contributed by atoms with van der Waals surface area (Å²) in [6.45, 7) is 4.41. The molecule has 0 spiro atoms. The van der Waals surface area contributed by atoms with Gasteiger partial charge in [0.15, 0.2) is 23.0 Å². The van der Waals surface area contributed by atoms with Gasteiger partial charge in [-0.05, 0) is 49.9 Å². The summed E-state index contributed by atoms with van der Waals surface area (Å²) < 4.78 is 15.1. The lowest BCUT2D eigenvalue weighted by atomic mass is 10.1. The van der Waals surface area contributed by atoms with E-state index in [-0.39, 0.29) is 0 Å². The maximum Gasteiger partial charge on any atom is 0.168 e. The van der Waals surface area contributed by atoms with Gasteiger partial charge in [-0.1, -0.05) is 31.7 Å². The molecule has 0 saturated heterocycles. The van der Waals surface area contributed by atoms with E-state index in [1.807, 2.05) is 29.0 Å². The second kappa shape index (κ2) is 8.45. The van der Waals surface area contributed by atoms with Crippen molar-refractivity contribution in [3.63, 3.8) is 0 Å². The smallest absolute Gasteiger partial charge is 0.168 e. The zero-order chi connectivity index (χ0) is 22.2. The Morgan fingerprint density at radius 2 is 1.72 bits per heavy atom. The second-order valence-corrected chi connectivity index (χ2v) is 8.83. The molecule has 168 valence electrons. The van der Waals surface area contributed by atoms with Crippen molar-refractivity contribution in [1.82, 2.24) is 24.1 Å². The van der Waals surface area contributed by atoms with Crippen molar-refractivity contribution in [2.45, 2.75) is 64.8 Å². The molecular formula is C25H31N5O2. The van der Waals surface area contributed by atoms with E-state index in [4.69, 9.17) is 24.5 Å². The van der Waals surface area contributed by atoms with Crippen molar-refractivity contribution >= 4 is 16.7 Å². The molecule has 0 atom stereocenters. The van der Waals surface area contributed by atoms with Gasteiger partial charge in [-0.15, -0.1) is 5.10 Å². The van der Waals surface area contributed by atoms with Crippen LogP contribution in [0.2, 0.25) is 0 Å². The van der Waals surface area contributed by atoms with Crippen molar-refractivity contribution < 1.29 is 9.47 Å². The van der Waals surface area contributed by atoms with E-state index in [1.54, 1.807) is 14.2 Å². The SMILES string of the molecule is COc1ccc(Cc2nc3c4c(C)c(C)n(C5CCCCCC5)c4ncn3n2)cc1OC. The van der Waals surface area contributed by atoms with Crippen LogP contribution >= 0.6 is 0 Å². The number of benzene rings is 1. The molecule has 3 heterocycles. The summed E-state index contributed by atoms with van der Waals surface area (Å²) in [4.78, 5) is 9.79. The fourth-order valence-electron chi connectivity index (χ4n) is 5.14. The Balaban J connectivity index is 1.56. The van der Waals surface area contributed by atoms with Crippen LogP contribution in [-0.2, 0) is 6.42 Å². The molecule has 1 aliphatic carbocycles. The molecule has 1 aliphatic rings. The lowest BCUT2D eigenvalue weighted by Crippen LogP contribution is -2.10. The van der Waals surface area contributed by atoms with Gasteiger partial charge >= 0.3 is 0 Å². The minimum atomic E-state index is 0.526. The summed E-state index contributed by atoms with van der Waals surface area (Å²) in [6, 6.07) is 6.46. The number of aromatic nitrogens is 5. The molecule has 3 aromatic heterocycles. The van der Waals surface area contributed by atoms with Gasteiger partial charge < -0.3 is 14.0 Å². The number of ether oxygens (including phenoxy) is 2. The summed E-state index contributed by atoms with van der Waals surface area (Å²) in [7, 11) is 3.29. The van der Waals surface area contributed by atoms with Crippen molar-refractivity contribution in [1.29, 1.82) is 0 Å². The third-order valence-corrected chi connectivity index (χ3v) is 6.92. The van der Waals surface area contributed by atoms with Crippen LogP contribution in [0.25, 0.3) is 16.7 Å². The van der Waals surface area contributed by atoms with E-state index in [0.29, 0.717) is 18.2 Å². The Morgan fingerprint density at radius 1 is 0.969 bits per heavy atom. The van der Waals surface area contributed by atoms with Gasteiger partial charge in [-0.3, -0.25) is 0 Å². The molecule has 0 N–H and O–H groups in total. The quantitative estimate of drug-likeness (QED) is 0.405. The molecule has 1 fully saturated rings. The minimum absolute atomic E-state index is 0.526. The fourth-order valence-corrected chi connectivity index (χ4v) is 5.14. The first kappa shape index (κ1) is 20.8. The summed E-state index contributed by atoms with van der Waals surface area (Å²) in [5.41, 5.74) is 5.57. The summed E-state index contributed by atoms with van der Waals surface area (Å²) in [6.07, 6.45) is 10.2. The van der Waals surface area contributed by atoms with Crippen molar-refractivity contribution in [2.24, 2.45) is 0 Å².